The van der Waals surface area contributed by atoms with E-state index < -0.39 is 6.03 Å². The number of carbonyl (C=O) groups is 1. The van der Waals surface area contributed by atoms with E-state index in [1.165, 1.54) is 5.56 Å². The van der Waals surface area contributed by atoms with E-state index in [1.807, 2.05) is 32.0 Å². The number of amides is 2. The predicted molar refractivity (Wildman–Crippen MR) is 67.2 cm³/mol. The summed E-state index contributed by atoms with van der Waals surface area (Å²) >= 11 is 0. The summed E-state index contributed by atoms with van der Waals surface area (Å²) in [5.41, 5.74) is 9.95. The summed E-state index contributed by atoms with van der Waals surface area (Å²) in [6.45, 7) is 6.07. The second-order valence-corrected chi connectivity index (χ2v) is 3.88. The van der Waals surface area contributed by atoms with Crippen LogP contribution in [0.15, 0.2) is 23.3 Å². The second kappa shape index (κ2) is 5.89. The Labute approximate surface area is 101 Å². The van der Waals surface area contributed by atoms with Gasteiger partial charge in [-0.1, -0.05) is 17.7 Å². The molecule has 3 N–H and O–H groups in total. The lowest BCUT2D eigenvalue weighted by Gasteiger charge is -2.09. The molecule has 0 aliphatic carbocycles. The number of nitrogens with zero attached hydrogens (tertiary/aromatic N) is 1. The summed E-state index contributed by atoms with van der Waals surface area (Å²) in [4.78, 5) is 10.4. The lowest BCUT2D eigenvalue weighted by Crippen LogP contribution is -2.26. The molecule has 17 heavy (non-hydrogen) atoms. The maximum absolute atomic E-state index is 10.4. The third-order valence-corrected chi connectivity index (χ3v) is 2.12. The molecule has 5 heteroatoms. The first-order valence-electron chi connectivity index (χ1n) is 5.27. The quantitative estimate of drug-likeness (QED) is 0.616. The van der Waals surface area contributed by atoms with Crippen molar-refractivity contribution in [3.05, 3.63) is 29.3 Å². The number of nitrogens with one attached hydrogen (secondary N) is 1. The van der Waals surface area contributed by atoms with E-state index in [2.05, 4.69) is 10.5 Å². The van der Waals surface area contributed by atoms with E-state index in [0.29, 0.717) is 12.3 Å². The Balaban J connectivity index is 2.55. The minimum absolute atomic E-state index is 0.310. The highest BCUT2D eigenvalue weighted by molar-refractivity contribution is 5.84. The minimum Gasteiger partial charge on any atom is -0.487 e. The number of aryl methyl sites for hydroxylation is 2. The molecule has 0 atom stereocenters. The van der Waals surface area contributed by atoms with Gasteiger partial charge >= 0.3 is 6.03 Å². The molecule has 0 aliphatic heterocycles. The first-order chi connectivity index (χ1) is 7.99. The zero-order chi connectivity index (χ0) is 12.8. The summed E-state index contributed by atoms with van der Waals surface area (Å²) < 4.78 is 5.56. The standard InChI is InChI=1S/C12H17N3O2/c1-8-4-5-11(9(2)6-8)17-7-10(3)14-15-12(13)16/h4-6H,7H2,1-3H3,(H3,13,15,16)/b14-10+. The van der Waals surface area contributed by atoms with Gasteiger partial charge in [0.2, 0.25) is 0 Å². The maximum Gasteiger partial charge on any atom is 0.332 e. The fourth-order valence-corrected chi connectivity index (χ4v) is 1.33. The first kappa shape index (κ1) is 13.0. The van der Waals surface area contributed by atoms with Crippen LogP contribution in [0.5, 0.6) is 5.75 Å². The van der Waals surface area contributed by atoms with Crippen LogP contribution in [-0.4, -0.2) is 18.3 Å². The largest absolute Gasteiger partial charge is 0.487 e. The van der Waals surface area contributed by atoms with E-state index in [9.17, 15) is 4.79 Å². The van der Waals surface area contributed by atoms with Crippen molar-refractivity contribution in [2.24, 2.45) is 10.8 Å². The minimum atomic E-state index is -0.684. The number of benzene rings is 1. The summed E-state index contributed by atoms with van der Waals surface area (Å²) in [5.74, 6) is 0.809. The first-order valence-corrected chi connectivity index (χ1v) is 5.27. The van der Waals surface area contributed by atoms with Crippen molar-refractivity contribution in [3.63, 3.8) is 0 Å². The normalized spacial score (nSPS) is 11.1. The van der Waals surface area contributed by atoms with Crippen LogP contribution >= 0.6 is 0 Å². The molecule has 0 aliphatic rings. The van der Waals surface area contributed by atoms with Crippen LogP contribution in [0, 0.1) is 13.8 Å². The molecule has 92 valence electrons. The van der Waals surface area contributed by atoms with Crippen molar-refractivity contribution >= 4 is 11.7 Å². The monoisotopic (exact) mass is 235 g/mol. The molecule has 0 unspecified atom stereocenters. The summed E-state index contributed by atoms with van der Waals surface area (Å²) in [5, 5.41) is 3.75. The highest BCUT2D eigenvalue weighted by atomic mass is 16.5. The zero-order valence-electron chi connectivity index (χ0n) is 10.3. The van der Waals surface area contributed by atoms with E-state index in [4.69, 9.17) is 10.5 Å². The predicted octanol–water partition coefficient (Wildman–Crippen LogP) is 1.73. The molecule has 2 amide bonds. The van der Waals surface area contributed by atoms with Crippen molar-refractivity contribution < 1.29 is 9.53 Å². The van der Waals surface area contributed by atoms with E-state index in [1.54, 1.807) is 6.92 Å². The number of hydrogen-bond acceptors (Lipinski definition) is 3. The Hall–Kier alpha value is -2.04. The summed E-state index contributed by atoms with van der Waals surface area (Å²) in [6.07, 6.45) is 0. The van der Waals surface area contributed by atoms with Crippen molar-refractivity contribution in [1.82, 2.24) is 5.43 Å². The molecule has 0 fully saturated rings. The van der Waals surface area contributed by atoms with Gasteiger partial charge in [-0.25, -0.2) is 10.2 Å². The SMILES string of the molecule is C/C(COc1ccc(C)cc1C)=N\NC(N)=O. The van der Waals surface area contributed by atoms with Gasteiger partial charge in [0, 0.05) is 0 Å². The summed E-state index contributed by atoms with van der Waals surface area (Å²) in [6, 6.07) is 5.26. The average molecular weight is 235 g/mol. The Morgan fingerprint density at radius 2 is 2.18 bits per heavy atom. The van der Waals surface area contributed by atoms with Crippen molar-refractivity contribution in [2.45, 2.75) is 20.8 Å². The van der Waals surface area contributed by atoms with Crippen LogP contribution in [0.1, 0.15) is 18.1 Å². The van der Waals surface area contributed by atoms with Crippen molar-refractivity contribution in [3.8, 4) is 5.75 Å². The lowest BCUT2D eigenvalue weighted by atomic mass is 10.1. The number of primary amides is 1. The molecule has 0 aromatic heterocycles. The molecule has 0 radical (unpaired) electrons. The molecule has 0 saturated carbocycles. The van der Waals surface area contributed by atoms with Crippen molar-refractivity contribution in [2.75, 3.05) is 6.61 Å². The maximum atomic E-state index is 10.4. The number of nitrogens with two attached hydrogens (primary N) is 1. The van der Waals surface area contributed by atoms with Crippen LogP contribution in [0.3, 0.4) is 0 Å². The average Bonchev–Trinajstić information content (AvgIpc) is 2.25. The number of ether oxygens (including phenoxy) is 1. The van der Waals surface area contributed by atoms with Crippen LogP contribution in [-0.2, 0) is 0 Å². The van der Waals surface area contributed by atoms with Gasteiger partial charge in [-0.3, -0.25) is 0 Å². The molecule has 5 nitrogen and oxygen atoms in total. The van der Waals surface area contributed by atoms with Crippen LogP contribution < -0.4 is 15.9 Å². The highest BCUT2D eigenvalue weighted by Crippen LogP contribution is 2.18. The van der Waals surface area contributed by atoms with E-state index in [0.717, 1.165) is 11.3 Å². The highest BCUT2D eigenvalue weighted by Gasteiger charge is 2.00. The van der Waals surface area contributed by atoms with Gasteiger partial charge in [-0.2, -0.15) is 5.10 Å². The zero-order valence-corrected chi connectivity index (χ0v) is 10.3. The molecular weight excluding hydrogens is 218 g/mol. The van der Waals surface area contributed by atoms with Gasteiger partial charge in [0.25, 0.3) is 0 Å². The van der Waals surface area contributed by atoms with Crippen LogP contribution in [0.2, 0.25) is 0 Å². The fourth-order valence-electron chi connectivity index (χ4n) is 1.33. The Kier molecular flexibility index (Phi) is 4.51. The van der Waals surface area contributed by atoms with Crippen molar-refractivity contribution in [1.29, 1.82) is 0 Å². The van der Waals surface area contributed by atoms with Gasteiger partial charge in [0.05, 0.1) is 5.71 Å². The molecular formula is C12H17N3O2. The fraction of sp³-hybridized carbons (Fsp3) is 0.333. The molecule has 0 bridgehead atoms. The van der Waals surface area contributed by atoms with Crippen LogP contribution in [0.25, 0.3) is 0 Å². The Bertz CT molecular complexity index is 441. The van der Waals surface area contributed by atoms with Crippen LogP contribution in [0.4, 0.5) is 4.79 Å². The number of carbonyl (C=O) groups excluding carboxylic acids is 1. The molecule has 0 saturated heterocycles. The van der Waals surface area contributed by atoms with Gasteiger partial charge in [0.15, 0.2) is 0 Å². The number of rotatable bonds is 4. The van der Waals surface area contributed by atoms with Gasteiger partial charge in [0.1, 0.15) is 12.4 Å². The third kappa shape index (κ3) is 4.55. The molecule has 0 spiro atoms. The summed E-state index contributed by atoms with van der Waals surface area (Å²) in [7, 11) is 0. The van der Waals surface area contributed by atoms with E-state index >= 15 is 0 Å². The Morgan fingerprint density at radius 1 is 1.47 bits per heavy atom. The number of urea groups is 1. The third-order valence-electron chi connectivity index (χ3n) is 2.12. The lowest BCUT2D eigenvalue weighted by molar-refractivity contribution is 0.249. The topological polar surface area (TPSA) is 76.7 Å². The molecule has 1 aromatic carbocycles. The van der Waals surface area contributed by atoms with E-state index in [-0.39, 0.29) is 0 Å². The number of hydrazone groups is 1. The number of hydrogen-bond donors (Lipinski definition) is 2. The molecule has 0 heterocycles. The Morgan fingerprint density at radius 3 is 2.76 bits per heavy atom. The second-order valence-electron chi connectivity index (χ2n) is 3.88. The smallest absolute Gasteiger partial charge is 0.332 e. The van der Waals surface area contributed by atoms with Gasteiger partial charge in [-0.05, 0) is 32.4 Å². The molecule has 1 aromatic rings. The molecule has 1 rings (SSSR count). The van der Waals surface area contributed by atoms with Gasteiger partial charge < -0.3 is 10.5 Å². The van der Waals surface area contributed by atoms with Gasteiger partial charge in [-0.15, -0.1) is 0 Å².